The van der Waals surface area contributed by atoms with E-state index in [9.17, 15) is 18.0 Å². The molecule has 0 fully saturated rings. The standard InChI is InChI=1S/C32H41N3O7S/c1-7-8-18-33-32(37)24(3)34(21-25-10-9-11-27(19-25)40-4)31(36)22-35(26-14-12-23(2)13-15-26)43(38,39)28-16-17-29(41-5)30(20-28)42-6/h9-17,19-20,24H,7-8,18,21-22H2,1-6H3,(H,33,37). The number of nitrogens with one attached hydrogen (secondary N) is 1. The third-order valence-corrected chi connectivity index (χ3v) is 8.80. The van der Waals surface area contributed by atoms with Crippen molar-refractivity contribution >= 4 is 27.5 Å². The van der Waals surface area contributed by atoms with Gasteiger partial charge in [0.1, 0.15) is 18.3 Å². The molecule has 0 heterocycles. The van der Waals surface area contributed by atoms with Gasteiger partial charge < -0.3 is 24.4 Å². The van der Waals surface area contributed by atoms with Crippen LogP contribution in [0.3, 0.4) is 0 Å². The van der Waals surface area contributed by atoms with Crippen LogP contribution in [0.1, 0.15) is 37.8 Å². The average Bonchev–Trinajstić information content (AvgIpc) is 3.02. The lowest BCUT2D eigenvalue weighted by Gasteiger charge is -2.32. The van der Waals surface area contributed by atoms with E-state index in [1.807, 2.05) is 19.9 Å². The predicted octanol–water partition coefficient (Wildman–Crippen LogP) is 4.55. The minimum absolute atomic E-state index is 0.0660. The zero-order chi connectivity index (χ0) is 31.6. The highest BCUT2D eigenvalue weighted by Crippen LogP contribution is 2.32. The van der Waals surface area contributed by atoms with Crippen LogP contribution in [0.15, 0.2) is 71.6 Å². The van der Waals surface area contributed by atoms with Gasteiger partial charge in [-0.1, -0.05) is 43.2 Å². The first-order valence-electron chi connectivity index (χ1n) is 14.1. The van der Waals surface area contributed by atoms with E-state index in [0.717, 1.165) is 28.3 Å². The van der Waals surface area contributed by atoms with E-state index < -0.39 is 28.5 Å². The Morgan fingerprint density at radius 2 is 1.60 bits per heavy atom. The van der Waals surface area contributed by atoms with Crippen LogP contribution in [0.25, 0.3) is 0 Å². The van der Waals surface area contributed by atoms with Gasteiger partial charge in [-0.15, -0.1) is 0 Å². The summed E-state index contributed by atoms with van der Waals surface area (Å²) in [7, 11) is 0.149. The maximum absolute atomic E-state index is 14.1. The van der Waals surface area contributed by atoms with Crippen molar-refractivity contribution in [1.29, 1.82) is 0 Å². The molecule has 0 spiro atoms. The second-order valence-corrected chi connectivity index (χ2v) is 11.9. The van der Waals surface area contributed by atoms with Crippen LogP contribution in [-0.4, -0.2) is 65.6 Å². The van der Waals surface area contributed by atoms with Gasteiger partial charge in [-0.25, -0.2) is 8.42 Å². The van der Waals surface area contributed by atoms with Crippen molar-refractivity contribution in [3.63, 3.8) is 0 Å². The van der Waals surface area contributed by atoms with Gasteiger partial charge in [0.05, 0.1) is 31.9 Å². The molecule has 0 aliphatic carbocycles. The highest BCUT2D eigenvalue weighted by Gasteiger charge is 2.33. The van der Waals surface area contributed by atoms with Gasteiger partial charge in [-0.05, 0) is 62.2 Å². The largest absolute Gasteiger partial charge is 0.497 e. The summed E-state index contributed by atoms with van der Waals surface area (Å²) in [6.07, 6.45) is 1.70. The number of carbonyl (C=O) groups is 2. The first-order valence-corrected chi connectivity index (χ1v) is 15.5. The molecule has 0 aliphatic rings. The van der Waals surface area contributed by atoms with Crippen molar-refractivity contribution in [3.8, 4) is 17.2 Å². The van der Waals surface area contributed by atoms with E-state index in [1.54, 1.807) is 56.5 Å². The molecule has 1 N–H and O–H groups in total. The number of aryl methyl sites for hydroxylation is 1. The maximum Gasteiger partial charge on any atom is 0.264 e. The second-order valence-electron chi connectivity index (χ2n) is 10.1. The second kappa shape index (κ2) is 15.3. The van der Waals surface area contributed by atoms with Crippen LogP contribution in [0.2, 0.25) is 0 Å². The topological polar surface area (TPSA) is 114 Å². The summed E-state index contributed by atoms with van der Waals surface area (Å²) in [6, 6.07) is 17.4. The normalized spacial score (nSPS) is 11.8. The van der Waals surface area contributed by atoms with E-state index in [2.05, 4.69) is 5.32 Å². The summed E-state index contributed by atoms with van der Waals surface area (Å²) in [5.41, 5.74) is 1.95. The van der Waals surface area contributed by atoms with Gasteiger partial charge >= 0.3 is 0 Å². The quantitative estimate of drug-likeness (QED) is 0.251. The van der Waals surface area contributed by atoms with E-state index >= 15 is 0 Å². The van der Waals surface area contributed by atoms with Gasteiger partial charge in [-0.2, -0.15) is 0 Å². The van der Waals surface area contributed by atoms with E-state index in [1.165, 1.54) is 37.3 Å². The molecular formula is C32H41N3O7S. The van der Waals surface area contributed by atoms with Crippen molar-refractivity contribution in [2.45, 2.75) is 51.1 Å². The Morgan fingerprint density at radius 1 is 0.907 bits per heavy atom. The van der Waals surface area contributed by atoms with Crippen LogP contribution in [0, 0.1) is 6.92 Å². The van der Waals surface area contributed by atoms with Crippen molar-refractivity contribution < 1.29 is 32.2 Å². The number of methoxy groups -OCH3 is 3. The number of nitrogens with zero attached hydrogens (tertiary/aromatic N) is 2. The summed E-state index contributed by atoms with van der Waals surface area (Å²) < 4.78 is 45.3. The smallest absolute Gasteiger partial charge is 0.264 e. The van der Waals surface area contributed by atoms with Crippen LogP contribution in [0.5, 0.6) is 17.2 Å². The highest BCUT2D eigenvalue weighted by atomic mass is 32.2. The minimum atomic E-state index is -4.27. The fourth-order valence-corrected chi connectivity index (χ4v) is 5.86. The first-order chi connectivity index (χ1) is 20.5. The fraction of sp³-hybridized carbons (Fsp3) is 0.375. The molecule has 3 aromatic carbocycles. The number of sulfonamides is 1. The number of unbranched alkanes of at least 4 members (excludes halogenated alkanes) is 1. The monoisotopic (exact) mass is 611 g/mol. The van der Waals surface area contributed by atoms with Gasteiger partial charge in [0, 0.05) is 19.2 Å². The number of carbonyl (C=O) groups excluding carboxylic acids is 2. The summed E-state index contributed by atoms with van der Waals surface area (Å²) in [5.74, 6) is 0.324. The molecule has 0 bridgehead atoms. The van der Waals surface area contributed by atoms with E-state index in [4.69, 9.17) is 14.2 Å². The molecule has 43 heavy (non-hydrogen) atoms. The number of amides is 2. The van der Waals surface area contributed by atoms with Crippen LogP contribution in [-0.2, 0) is 26.2 Å². The van der Waals surface area contributed by atoms with Gasteiger partial charge in [0.25, 0.3) is 10.0 Å². The zero-order valence-electron chi connectivity index (χ0n) is 25.6. The lowest BCUT2D eigenvalue weighted by molar-refractivity contribution is -0.139. The number of ether oxygens (including phenoxy) is 3. The Hall–Kier alpha value is -4.25. The fourth-order valence-electron chi connectivity index (χ4n) is 4.43. The number of benzene rings is 3. The van der Waals surface area contributed by atoms with Gasteiger partial charge in [0.15, 0.2) is 11.5 Å². The number of anilines is 1. The van der Waals surface area contributed by atoms with E-state index in [0.29, 0.717) is 23.7 Å². The zero-order valence-corrected chi connectivity index (χ0v) is 26.4. The molecule has 2 amide bonds. The van der Waals surface area contributed by atoms with Crippen molar-refractivity contribution in [3.05, 3.63) is 77.9 Å². The Bertz CT molecular complexity index is 1490. The van der Waals surface area contributed by atoms with Crippen LogP contribution in [0.4, 0.5) is 5.69 Å². The summed E-state index contributed by atoms with van der Waals surface area (Å²) in [5, 5.41) is 2.88. The Kier molecular flexibility index (Phi) is 11.8. The molecule has 3 rings (SSSR count). The predicted molar refractivity (Wildman–Crippen MR) is 166 cm³/mol. The van der Waals surface area contributed by atoms with Gasteiger partial charge in [-0.3, -0.25) is 13.9 Å². The van der Waals surface area contributed by atoms with Crippen molar-refractivity contribution in [2.75, 3.05) is 38.7 Å². The number of hydrogen-bond donors (Lipinski definition) is 1. The molecule has 232 valence electrons. The Morgan fingerprint density at radius 3 is 2.23 bits per heavy atom. The summed E-state index contributed by atoms with van der Waals surface area (Å²) in [6.45, 7) is 5.54. The lowest BCUT2D eigenvalue weighted by Crippen LogP contribution is -2.51. The summed E-state index contributed by atoms with van der Waals surface area (Å²) in [4.78, 5) is 28.5. The Balaban J connectivity index is 2.05. The molecule has 3 aromatic rings. The third-order valence-electron chi connectivity index (χ3n) is 7.03. The van der Waals surface area contributed by atoms with Crippen molar-refractivity contribution in [1.82, 2.24) is 10.2 Å². The minimum Gasteiger partial charge on any atom is -0.497 e. The molecule has 0 aliphatic heterocycles. The average molecular weight is 612 g/mol. The van der Waals surface area contributed by atoms with Crippen LogP contribution >= 0.6 is 0 Å². The lowest BCUT2D eigenvalue weighted by atomic mass is 10.1. The third kappa shape index (κ3) is 8.41. The number of rotatable bonds is 15. The first kappa shape index (κ1) is 33.3. The molecule has 0 saturated heterocycles. The van der Waals surface area contributed by atoms with Crippen LogP contribution < -0.4 is 23.8 Å². The molecule has 1 atom stereocenters. The molecule has 0 saturated carbocycles. The Labute approximate surface area is 254 Å². The maximum atomic E-state index is 14.1. The number of hydrogen-bond acceptors (Lipinski definition) is 7. The van der Waals surface area contributed by atoms with Crippen molar-refractivity contribution in [2.24, 2.45) is 0 Å². The molecule has 1 unspecified atom stereocenters. The molecule has 11 heteroatoms. The molecular weight excluding hydrogens is 570 g/mol. The molecule has 0 radical (unpaired) electrons. The highest BCUT2D eigenvalue weighted by molar-refractivity contribution is 7.92. The summed E-state index contributed by atoms with van der Waals surface area (Å²) >= 11 is 0. The molecule has 0 aromatic heterocycles. The SMILES string of the molecule is CCCCNC(=O)C(C)N(Cc1cccc(OC)c1)C(=O)CN(c1ccc(C)cc1)S(=O)(=O)c1ccc(OC)c(OC)c1. The molecule has 10 nitrogen and oxygen atoms in total. The van der Waals surface area contributed by atoms with E-state index in [-0.39, 0.29) is 23.1 Å². The van der Waals surface area contributed by atoms with Gasteiger partial charge in [0.2, 0.25) is 11.8 Å².